The van der Waals surface area contributed by atoms with Gasteiger partial charge in [0.1, 0.15) is 11.6 Å². The molecular weight excluding hydrogens is 268 g/mol. The third-order valence-corrected chi connectivity index (χ3v) is 3.33. The minimum atomic E-state index is -0.549. The summed E-state index contributed by atoms with van der Waals surface area (Å²) in [6.45, 7) is 6.11. The van der Waals surface area contributed by atoms with Gasteiger partial charge in [0.25, 0.3) is 0 Å². The highest BCUT2D eigenvalue weighted by molar-refractivity contribution is 5.93. The second kappa shape index (κ2) is 6.16. The van der Waals surface area contributed by atoms with Crippen LogP contribution in [0, 0.1) is 0 Å². The number of piperidine rings is 1. The third-order valence-electron chi connectivity index (χ3n) is 3.33. The van der Waals surface area contributed by atoms with Crippen molar-refractivity contribution < 1.29 is 14.7 Å². The Morgan fingerprint density at radius 2 is 2.00 bits per heavy atom. The number of oxime groups is 1. The van der Waals surface area contributed by atoms with Crippen LogP contribution < -0.4 is 0 Å². The van der Waals surface area contributed by atoms with E-state index in [1.54, 1.807) is 4.90 Å². The van der Waals surface area contributed by atoms with Gasteiger partial charge in [0.2, 0.25) is 0 Å². The van der Waals surface area contributed by atoms with E-state index in [0.29, 0.717) is 18.7 Å². The highest BCUT2D eigenvalue weighted by Crippen LogP contribution is 2.30. The summed E-state index contributed by atoms with van der Waals surface area (Å²) < 4.78 is 5.47. The fourth-order valence-corrected chi connectivity index (χ4v) is 2.51. The molecule has 1 aliphatic rings. The zero-order chi connectivity index (χ0) is 15.5. The Labute approximate surface area is 125 Å². The summed E-state index contributed by atoms with van der Waals surface area (Å²) in [5, 5.41) is 12.7. The molecule has 0 bridgehead atoms. The predicted octanol–water partition coefficient (Wildman–Crippen LogP) is 3.59. The number of amides is 1. The third kappa shape index (κ3) is 3.74. The summed E-state index contributed by atoms with van der Waals surface area (Å²) in [4.78, 5) is 14.1. The Morgan fingerprint density at radius 1 is 1.33 bits per heavy atom. The van der Waals surface area contributed by atoms with Crippen LogP contribution in [0.1, 0.15) is 45.2 Å². The van der Waals surface area contributed by atoms with Crippen LogP contribution in [0.3, 0.4) is 0 Å². The second-order valence-corrected chi connectivity index (χ2v) is 6.18. The van der Waals surface area contributed by atoms with Crippen molar-refractivity contribution in [1.82, 2.24) is 4.90 Å². The van der Waals surface area contributed by atoms with Gasteiger partial charge in [-0.1, -0.05) is 35.5 Å². The average molecular weight is 290 g/mol. The zero-order valence-electron chi connectivity index (χ0n) is 12.7. The van der Waals surface area contributed by atoms with Gasteiger partial charge in [0, 0.05) is 6.54 Å². The molecule has 5 heteroatoms. The van der Waals surface area contributed by atoms with Crippen LogP contribution in [0.4, 0.5) is 4.79 Å². The van der Waals surface area contributed by atoms with E-state index < -0.39 is 5.60 Å². The monoisotopic (exact) mass is 290 g/mol. The minimum Gasteiger partial charge on any atom is -0.444 e. The molecule has 0 saturated carbocycles. The molecule has 0 aromatic heterocycles. The largest absolute Gasteiger partial charge is 0.444 e. The number of carbonyl (C=O) groups excluding carboxylic acids is 1. The highest BCUT2D eigenvalue weighted by atomic mass is 16.6. The van der Waals surface area contributed by atoms with E-state index >= 15 is 0 Å². The van der Waals surface area contributed by atoms with E-state index in [9.17, 15) is 10.0 Å². The first-order valence-electron chi connectivity index (χ1n) is 7.18. The maximum absolute atomic E-state index is 12.4. The van der Waals surface area contributed by atoms with Crippen LogP contribution in [0.2, 0.25) is 0 Å². The van der Waals surface area contributed by atoms with Gasteiger partial charge in [-0.25, -0.2) is 4.79 Å². The van der Waals surface area contributed by atoms with Crippen LogP contribution in [0.5, 0.6) is 0 Å². The molecule has 0 aliphatic carbocycles. The highest BCUT2D eigenvalue weighted by Gasteiger charge is 2.35. The normalized spacial score (nSPS) is 21.4. The molecular formula is C16H22N2O3. The number of hydrogen-bond donors (Lipinski definition) is 1. The van der Waals surface area contributed by atoms with Crippen LogP contribution >= 0.6 is 0 Å². The molecule has 1 aliphatic heterocycles. The van der Waals surface area contributed by atoms with Crippen molar-refractivity contribution in [3.05, 3.63) is 35.9 Å². The van der Waals surface area contributed by atoms with Crippen molar-refractivity contribution in [2.45, 2.75) is 45.3 Å². The number of likely N-dealkylation sites (tertiary alicyclic amines) is 1. The summed E-state index contributed by atoms with van der Waals surface area (Å²) in [5.41, 5.74) is 0.973. The molecule has 0 spiro atoms. The molecule has 1 atom stereocenters. The second-order valence-electron chi connectivity index (χ2n) is 6.18. The van der Waals surface area contributed by atoms with Gasteiger partial charge in [0.05, 0.1) is 5.71 Å². The van der Waals surface area contributed by atoms with E-state index in [0.717, 1.165) is 12.0 Å². The Bertz CT molecular complexity index is 520. The van der Waals surface area contributed by atoms with E-state index in [2.05, 4.69) is 5.16 Å². The van der Waals surface area contributed by atoms with Gasteiger partial charge in [-0.05, 0) is 39.2 Å². The molecule has 5 nitrogen and oxygen atoms in total. The molecule has 2 rings (SSSR count). The van der Waals surface area contributed by atoms with Crippen molar-refractivity contribution >= 4 is 11.8 Å². The first-order chi connectivity index (χ1) is 9.92. The van der Waals surface area contributed by atoms with Crippen LogP contribution in [0.15, 0.2) is 35.5 Å². The van der Waals surface area contributed by atoms with Crippen molar-refractivity contribution in [3.8, 4) is 0 Å². The lowest BCUT2D eigenvalue weighted by atomic mass is 9.93. The molecule has 1 amide bonds. The molecule has 114 valence electrons. The van der Waals surface area contributed by atoms with Crippen molar-refractivity contribution in [2.75, 3.05) is 6.54 Å². The number of rotatable bonds is 1. The summed E-state index contributed by atoms with van der Waals surface area (Å²) in [6.07, 6.45) is 1.06. The van der Waals surface area contributed by atoms with Gasteiger partial charge in [-0.2, -0.15) is 0 Å². The van der Waals surface area contributed by atoms with E-state index in [4.69, 9.17) is 4.74 Å². The molecule has 0 unspecified atom stereocenters. The minimum absolute atomic E-state index is 0.361. The van der Waals surface area contributed by atoms with Crippen LogP contribution in [0.25, 0.3) is 0 Å². The standard InChI is InChI=1S/C16H22N2O3/c1-16(2,3)21-15(19)18-11-7-10-13(17-20)14(18)12-8-5-4-6-9-12/h4-6,8-9,14,20H,7,10-11H2,1-3H3/b17-13+/t14-/m0/s1. The molecule has 1 aromatic rings. The van der Waals surface area contributed by atoms with Crippen molar-refractivity contribution in [1.29, 1.82) is 0 Å². The SMILES string of the molecule is CC(C)(C)OC(=O)N1CCC/C(=N\O)[C@@H]1c1ccccc1. The quantitative estimate of drug-likeness (QED) is 0.635. The maximum Gasteiger partial charge on any atom is 0.411 e. The fraction of sp³-hybridized carbons (Fsp3) is 0.500. The van der Waals surface area contributed by atoms with Gasteiger partial charge in [-0.15, -0.1) is 0 Å². The molecule has 21 heavy (non-hydrogen) atoms. The Hall–Kier alpha value is -2.04. The zero-order valence-corrected chi connectivity index (χ0v) is 12.7. The number of ether oxygens (including phenoxy) is 1. The number of hydrogen-bond acceptors (Lipinski definition) is 4. The summed E-state index contributed by atoms with van der Waals surface area (Å²) in [6, 6.07) is 9.23. The van der Waals surface area contributed by atoms with E-state index in [-0.39, 0.29) is 12.1 Å². The van der Waals surface area contributed by atoms with Crippen molar-refractivity contribution in [3.63, 3.8) is 0 Å². The number of nitrogens with zero attached hydrogens (tertiary/aromatic N) is 2. The molecule has 1 fully saturated rings. The molecule has 1 heterocycles. The summed E-state index contributed by atoms with van der Waals surface area (Å²) in [7, 11) is 0. The Balaban J connectivity index is 2.31. The molecule has 1 aromatic carbocycles. The van der Waals surface area contributed by atoms with Gasteiger partial charge in [-0.3, -0.25) is 4.90 Å². The molecule has 1 N–H and O–H groups in total. The van der Waals surface area contributed by atoms with E-state index in [1.807, 2.05) is 51.1 Å². The number of carbonyl (C=O) groups is 1. The summed E-state index contributed by atoms with van der Waals surface area (Å²) in [5.74, 6) is 0. The first kappa shape index (κ1) is 15.4. The van der Waals surface area contributed by atoms with Crippen LogP contribution in [-0.4, -0.2) is 34.1 Å². The summed E-state index contributed by atoms with van der Waals surface area (Å²) >= 11 is 0. The van der Waals surface area contributed by atoms with Gasteiger partial charge in [0.15, 0.2) is 0 Å². The lowest BCUT2D eigenvalue weighted by Crippen LogP contribution is -2.45. The van der Waals surface area contributed by atoms with Gasteiger partial charge >= 0.3 is 6.09 Å². The first-order valence-corrected chi connectivity index (χ1v) is 7.18. The lowest BCUT2D eigenvalue weighted by Gasteiger charge is -2.37. The topological polar surface area (TPSA) is 62.1 Å². The smallest absolute Gasteiger partial charge is 0.411 e. The molecule has 1 saturated heterocycles. The lowest BCUT2D eigenvalue weighted by molar-refractivity contribution is 0.0189. The van der Waals surface area contributed by atoms with Crippen molar-refractivity contribution in [2.24, 2.45) is 5.16 Å². The van der Waals surface area contributed by atoms with Gasteiger partial charge < -0.3 is 9.94 Å². The molecule has 0 radical (unpaired) electrons. The van der Waals surface area contributed by atoms with Crippen LogP contribution in [-0.2, 0) is 4.74 Å². The fourth-order valence-electron chi connectivity index (χ4n) is 2.51. The van der Waals surface area contributed by atoms with E-state index in [1.165, 1.54) is 0 Å². The average Bonchev–Trinajstić information content (AvgIpc) is 2.45. The maximum atomic E-state index is 12.4. The predicted molar refractivity (Wildman–Crippen MR) is 80.6 cm³/mol. The Kier molecular flexibility index (Phi) is 4.50. The number of benzene rings is 1. The Morgan fingerprint density at radius 3 is 2.57 bits per heavy atom.